The molecule has 1 aliphatic heterocycles. The maximum atomic E-state index is 12.4. The van der Waals surface area contributed by atoms with Gasteiger partial charge >= 0.3 is 0 Å². The highest BCUT2D eigenvalue weighted by Gasteiger charge is 2.17. The van der Waals surface area contributed by atoms with Crippen LogP contribution in [-0.2, 0) is 22.9 Å². The van der Waals surface area contributed by atoms with Crippen LogP contribution in [0.5, 0.6) is 0 Å². The van der Waals surface area contributed by atoms with Gasteiger partial charge in [0.05, 0.1) is 4.90 Å². The van der Waals surface area contributed by atoms with Crippen LogP contribution in [0.4, 0.5) is 0 Å². The SMILES string of the molecule is O=S(=O)(NCCCN1CCCC1)c1ccc2c(c1)CCCC2. The third-order valence-corrected chi connectivity index (χ3v) is 6.23. The number of nitrogens with zero attached hydrogens (tertiary/aromatic N) is 1. The first-order valence-corrected chi connectivity index (χ1v) is 9.97. The van der Waals surface area contributed by atoms with E-state index in [1.54, 1.807) is 6.07 Å². The van der Waals surface area contributed by atoms with Gasteiger partial charge in [-0.2, -0.15) is 0 Å². The van der Waals surface area contributed by atoms with Crippen molar-refractivity contribution in [2.24, 2.45) is 0 Å². The van der Waals surface area contributed by atoms with E-state index in [-0.39, 0.29) is 0 Å². The molecule has 0 aromatic heterocycles. The number of nitrogens with one attached hydrogen (secondary N) is 1. The van der Waals surface area contributed by atoms with Crippen LogP contribution < -0.4 is 4.72 Å². The molecule has 1 aromatic carbocycles. The van der Waals surface area contributed by atoms with Gasteiger partial charge in [-0.1, -0.05) is 6.07 Å². The van der Waals surface area contributed by atoms with Crippen molar-refractivity contribution in [2.75, 3.05) is 26.2 Å². The molecule has 0 bridgehead atoms. The van der Waals surface area contributed by atoms with Crippen molar-refractivity contribution >= 4 is 10.0 Å². The molecule has 2 aliphatic rings. The zero-order chi connectivity index (χ0) is 15.4. The summed E-state index contributed by atoms with van der Waals surface area (Å²) in [5, 5.41) is 0. The topological polar surface area (TPSA) is 49.4 Å². The lowest BCUT2D eigenvalue weighted by molar-refractivity contribution is 0.334. The van der Waals surface area contributed by atoms with Crippen LogP contribution in [0.2, 0.25) is 0 Å². The molecule has 5 heteroatoms. The van der Waals surface area contributed by atoms with Crippen LogP contribution in [0.1, 0.15) is 43.2 Å². The highest BCUT2D eigenvalue weighted by atomic mass is 32.2. The Morgan fingerprint density at radius 3 is 2.50 bits per heavy atom. The fourth-order valence-electron chi connectivity index (χ4n) is 3.48. The van der Waals surface area contributed by atoms with Gasteiger partial charge in [-0.25, -0.2) is 13.1 Å². The largest absolute Gasteiger partial charge is 0.303 e. The van der Waals surface area contributed by atoms with E-state index in [9.17, 15) is 8.42 Å². The predicted octanol–water partition coefficient (Wildman–Crippen LogP) is 2.33. The zero-order valence-electron chi connectivity index (χ0n) is 13.2. The van der Waals surface area contributed by atoms with Crippen LogP contribution in [0.15, 0.2) is 23.1 Å². The molecule has 1 aromatic rings. The van der Waals surface area contributed by atoms with Gasteiger partial charge in [0.15, 0.2) is 0 Å². The number of benzene rings is 1. The van der Waals surface area contributed by atoms with Crippen LogP contribution in [-0.4, -0.2) is 39.5 Å². The molecule has 22 heavy (non-hydrogen) atoms. The second kappa shape index (κ2) is 7.11. The summed E-state index contributed by atoms with van der Waals surface area (Å²) in [5.41, 5.74) is 2.53. The number of fused-ring (bicyclic) bond motifs is 1. The summed E-state index contributed by atoms with van der Waals surface area (Å²) in [6, 6.07) is 5.62. The van der Waals surface area contributed by atoms with Crippen molar-refractivity contribution in [3.05, 3.63) is 29.3 Å². The van der Waals surface area contributed by atoms with E-state index in [0.29, 0.717) is 11.4 Å². The number of rotatable bonds is 6. The summed E-state index contributed by atoms with van der Waals surface area (Å²) in [5.74, 6) is 0. The molecule has 1 aliphatic carbocycles. The van der Waals surface area contributed by atoms with Crippen molar-refractivity contribution < 1.29 is 8.42 Å². The maximum Gasteiger partial charge on any atom is 0.240 e. The highest BCUT2D eigenvalue weighted by Crippen LogP contribution is 2.24. The molecule has 1 saturated heterocycles. The second-order valence-electron chi connectivity index (χ2n) is 6.44. The molecule has 0 atom stereocenters. The Kier molecular flexibility index (Phi) is 5.16. The number of hydrogen-bond donors (Lipinski definition) is 1. The van der Waals surface area contributed by atoms with Gasteiger partial charge < -0.3 is 4.90 Å². The van der Waals surface area contributed by atoms with Crippen LogP contribution in [0.3, 0.4) is 0 Å². The average molecular weight is 322 g/mol. The third-order valence-electron chi connectivity index (χ3n) is 4.77. The Labute approximate surface area is 134 Å². The molecule has 0 saturated carbocycles. The minimum atomic E-state index is -3.36. The number of likely N-dealkylation sites (tertiary alicyclic amines) is 1. The van der Waals surface area contributed by atoms with E-state index in [1.165, 1.54) is 36.8 Å². The molecule has 1 heterocycles. The summed E-state index contributed by atoms with van der Waals surface area (Å²) in [4.78, 5) is 2.84. The van der Waals surface area contributed by atoms with E-state index in [1.807, 2.05) is 12.1 Å². The Hall–Kier alpha value is -0.910. The predicted molar refractivity (Wildman–Crippen MR) is 88.6 cm³/mol. The third kappa shape index (κ3) is 3.89. The van der Waals surface area contributed by atoms with Crippen LogP contribution in [0.25, 0.3) is 0 Å². The van der Waals surface area contributed by atoms with Gasteiger partial charge in [0.1, 0.15) is 0 Å². The lowest BCUT2D eigenvalue weighted by Crippen LogP contribution is -2.29. The van der Waals surface area contributed by atoms with Gasteiger partial charge in [0.25, 0.3) is 0 Å². The molecule has 0 amide bonds. The molecular formula is C17H26N2O2S. The van der Waals surface area contributed by atoms with Gasteiger partial charge in [0, 0.05) is 6.54 Å². The normalized spacial score (nSPS) is 19.3. The first-order chi connectivity index (χ1) is 10.6. The van der Waals surface area contributed by atoms with Crippen molar-refractivity contribution in [3.8, 4) is 0 Å². The summed E-state index contributed by atoms with van der Waals surface area (Å²) >= 11 is 0. The van der Waals surface area contributed by atoms with E-state index >= 15 is 0 Å². The fraction of sp³-hybridized carbons (Fsp3) is 0.647. The number of hydrogen-bond acceptors (Lipinski definition) is 3. The molecule has 3 rings (SSSR count). The second-order valence-corrected chi connectivity index (χ2v) is 8.20. The lowest BCUT2D eigenvalue weighted by atomic mass is 9.92. The standard InChI is InChI=1S/C17H26N2O2S/c20-22(21,18-10-5-13-19-11-3-4-12-19)17-9-8-15-6-1-2-7-16(15)14-17/h8-9,14,18H,1-7,10-13H2. The van der Waals surface area contributed by atoms with E-state index in [0.717, 1.165) is 38.9 Å². The van der Waals surface area contributed by atoms with Crippen molar-refractivity contribution in [1.29, 1.82) is 0 Å². The molecular weight excluding hydrogens is 296 g/mol. The Bertz CT molecular complexity index is 607. The summed E-state index contributed by atoms with van der Waals surface area (Å²) < 4.78 is 27.5. The highest BCUT2D eigenvalue weighted by molar-refractivity contribution is 7.89. The minimum Gasteiger partial charge on any atom is -0.303 e. The number of sulfonamides is 1. The van der Waals surface area contributed by atoms with E-state index < -0.39 is 10.0 Å². The van der Waals surface area contributed by atoms with Gasteiger partial charge in [-0.05, 0) is 87.8 Å². The van der Waals surface area contributed by atoms with Gasteiger partial charge in [0.2, 0.25) is 10.0 Å². The summed E-state index contributed by atoms with van der Waals surface area (Å²) in [6.07, 6.45) is 7.91. The smallest absolute Gasteiger partial charge is 0.240 e. The Morgan fingerprint density at radius 2 is 1.73 bits per heavy atom. The molecule has 4 nitrogen and oxygen atoms in total. The van der Waals surface area contributed by atoms with Gasteiger partial charge in [-0.3, -0.25) is 0 Å². The molecule has 0 unspecified atom stereocenters. The summed E-state index contributed by atoms with van der Waals surface area (Å²) in [6.45, 7) is 3.85. The first-order valence-electron chi connectivity index (χ1n) is 8.49. The van der Waals surface area contributed by atoms with Gasteiger partial charge in [-0.15, -0.1) is 0 Å². The first kappa shape index (κ1) is 16.0. The van der Waals surface area contributed by atoms with Crippen molar-refractivity contribution in [1.82, 2.24) is 9.62 Å². The van der Waals surface area contributed by atoms with E-state index in [2.05, 4.69) is 9.62 Å². The zero-order valence-corrected chi connectivity index (χ0v) is 14.0. The van der Waals surface area contributed by atoms with Crippen LogP contribution >= 0.6 is 0 Å². The monoisotopic (exact) mass is 322 g/mol. The quantitative estimate of drug-likeness (QED) is 0.818. The average Bonchev–Trinajstić information content (AvgIpc) is 3.04. The number of aryl methyl sites for hydroxylation is 2. The molecule has 0 spiro atoms. The molecule has 1 N–H and O–H groups in total. The Balaban J connectivity index is 1.55. The molecule has 1 fully saturated rings. The van der Waals surface area contributed by atoms with Crippen molar-refractivity contribution in [2.45, 2.75) is 49.8 Å². The minimum absolute atomic E-state index is 0.425. The fourth-order valence-corrected chi connectivity index (χ4v) is 4.60. The van der Waals surface area contributed by atoms with Crippen LogP contribution in [0, 0.1) is 0 Å². The summed E-state index contributed by atoms with van der Waals surface area (Å²) in [7, 11) is -3.36. The van der Waals surface area contributed by atoms with E-state index in [4.69, 9.17) is 0 Å². The molecule has 122 valence electrons. The molecule has 0 radical (unpaired) electrons. The maximum absolute atomic E-state index is 12.4. The lowest BCUT2D eigenvalue weighted by Gasteiger charge is -2.17. The van der Waals surface area contributed by atoms with Crippen molar-refractivity contribution in [3.63, 3.8) is 0 Å². The Morgan fingerprint density at radius 1 is 1.00 bits per heavy atom.